The van der Waals surface area contributed by atoms with Gasteiger partial charge in [-0.1, -0.05) is 74.4 Å². The molecule has 0 aliphatic heterocycles. The van der Waals surface area contributed by atoms with Crippen LogP contribution in [0.4, 0.5) is 0 Å². The highest BCUT2D eigenvalue weighted by Crippen LogP contribution is 2.29. The Morgan fingerprint density at radius 3 is 2.06 bits per heavy atom. The van der Waals surface area contributed by atoms with Crippen LogP contribution in [-0.2, 0) is 16.1 Å². The number of rotatable bonds is 11. The van der Waals surface area contributed by atoms with Gasteiger partial charge in [-0.25, -0.2) is 0 Å². The first-order valence-electron chi connectivity index (χ1n) is 10.9. The zero-order valence-corrected chi connectivity index (χ0v) is 19.9. The summed E-state index contributed by atoms with van der Waals surface area (Å²) in [6.07, 6.45) is 3.85. The topological polar surface area (TPSA) is 26.3 Å². The fourth-order valence-corrected chi connectivity index (χ4v) is 4.89. The molecule has 2 nitrogen and oxygen atoms in total. The highest BCUT2D eigenvalue weighted by Gasteiger charge is 2.16. The number of carbonyl (C=O) groups excluding carboxylic acids is 1. The van der Waals surface area contributed by atoms with Crippen LogP contribution in [0.1, 0.15) is 38.7 Å². The quantitative estimate of drug-likeness (QED) is 0.169. The third-order valence-corrected chi connectivity index (χ3v) is 7.12. The molecule has 0 saturated carbocycles. The molecule has 0 aliphatic carbocycles. The summed E-state index contributed by atoms with van der Waals surface area (Å²) in [4.78, 5) is 14.7. The van der Waals surface area contributed by atoms with Crippen molar-refractivity contribution in [3.05, 3.63) is 84.4 Å². The number of hydrogen-bond donors (Lipinski definition) is 0. The van der Waals surface area contributed by atoms with E-state index in [9.17, 15) is 4.79 Å². The van der Waals surface area contributed by atoms with Gasteiger partial charge in [0, 0.05) is 9.79 Å². The van der Waals surface area contributed by atoms with Gasteiger partial charge in [0.1, 0.15) is 11.9 Å². The lowest BCUT2D eigenvalue weighted by Gasteiger charge is -2.12. The second-order valence-corrected chi connectivity index (χ2v) is 10.0. The van der Waals surface area contributed by atoms with E-state index < -0.39 is 0 Å². The molecule has 0 fully saturated rings. The smallest absolute Gasteiger partial charge is 0.319 e. The second kappa shape index (κ2) is 12.6. The minimum atomic E-state index is -0.251. The number of ether oxygens (including phenoxy) is 1. The van der Waals surface area contributed by atoms with Crippen molar-refractivity contribution in [1.29, 1.82) is 0 Å². The summed E-state index contributed by atoms with van der Waals surface area (Å²) in [5, 5.41) is -0.251. The molecule has 3 aromatic carbocycles. The molecule has 0 aliphatic rings. The summed E-state index contributed by atoms with van der Waals surface area (Å²) in [6.45, 7) is 4.45. The van der Waals surface area contributed by atoms with Gasteiger partial charge in [0.2, 0.25) is 0 Å². The van der Waals surface area contributed by atoms with E-state index >= 15 is 0 Å². The Bertz CT molecular complexity index is 922. The van der Waals surface area contributed by atoms with Crippen molar-refractivity contribution in [1.82, 2.24) is 0 Å². The van der Waals surface area contributed by atoms with E-state index in [1.807, 2.05) is 49.0 Å². The van der Waals surface area contributed by atoms with E-state index in [0.29, 0.717) is 6.61 Å². The van der Waals surface area contributed by atoms with Crippen molar-refractivity contribution >= 4 is 29.5 Å². The molecule has 4 heteroatoms. The second-order valence-electron chi connectivity index (χ2n) is 7.46. The number of unbranched alkanes of at least 4 members (excludes halogenated alkanes) is 2. The Morgan fingerprint density at radius 2 is 1.45 bits per heavy atom. The zero-order valence-electron chi connectivity index (χ0n) is 18.3. The molecule has 0 amide bonds. The minimum absolute atomic E-state index is 0.190. The molecule has 0 aromatic heterocycles. The average Bonchev–Trinajstić information content (AvgIpc) is 2.82. The van der Waals surface area contributed by atoms with Crippen LogP contribution in [0.5, 0.6) is 0 Å². The first-order valence-corrected chi connectivity index (χ1v) is 12.7. The van der Waals surface area contributed by atoms with Crippen molar-refractivity contribution in [2.45, 2.75) is 54.8 Å². The van der Waals surface area contributed by atoms with E-state index in [1.54, 1.807) is 0 Å². The van der Waals surface area contributed by atoms with E-state index in [-0.39, 0.29) is 11.2 Å². The van der Waals surface area contributed by atoms with Crippen molar-refractivity contribution in [2.75, 3.05) is 5.75 Å². The first-order chi connectivity index (χ1) is 15.2. The van der Waals surface area contributed by atoms with Crippen LogP contribution < -0.4 is 0 Å². The van der Waals surface area contributed by atoms with E-state index in [4.69, 9.17) is 4.74 Å². The standard InChI is InChI=1S/C27H30O2S2/c1-3-4-8-19-30-25-15-11-23(12-16-25)24-13-17-26(18-14-24)31-21(2)27(28)29-20-22-9-6-5-7-10-22/h5-7,9-18,21H,3-4,8,19-20H2,1-2H3/t21-/m1/s1. The van der Waals surface area contributed by atoms with E-state index in [0.717, 1.165) is 10.5 Å². The Morgan fingerprint density at radius 1 is 0.839 bits per heavy atom. The molecule has 1 atom stereocenters. The van der Waals surface area contributed by atoms with Crippen molar-refractivity contribution < 1.29 is 9.53 Å². The van der Waals surface area contributed by atoms with Gasteiger partial charge in [-0.2, -0.15) is 0 Å². The summed E-state index contributed by atoms with van der Waals surface area (Å²) in [6, 6.07) is 27.0. The molecule has 0 heterocycles. The Labute approximate surface area is 194 Å². The number of esters is 1. The lowest BCUT2D eigenvalue weighted by molar-refractivity contribution is -0.143. The third-order valence-electron chi connectivity index (χ3n) is 4.93. The van der Waals surface area contributed by atoms with Gasteiger partial charge in [-0.3, -0.25) is 4.79 Å². The summed E-state index contributed by atoms with van der Waals surface area (Å²) in [7, 11) is 0. The lowest BCUT2D eigenvalue weighted by Crippen LogP contribution is -2.16. The van der Waals surface area contributed by atoms with Gasteiger partial charge < -0.3 is 4.74 Å². The monoisotopic (exact) mass is 450 g/mol. The van der Waals surface area contributed by atoms with Crippen LogP contribution in [-0.4, -0.2) is 17.0 Å². The molecule has 0 unspecified atom stereocenters. The van der Waals surface area contributed by atoms with Crippen molar-refractivity contribution in [3.8, 4) is 11.1 Å². The SMILES string of the molecule is CCCCCSc1ccc(-c2ccc(S[C@H](C)C(=O)OCc3ccccc3)cc2)cc1. The fraction of sp³-hybridized carbons (Fsp3) is 0.296. The van der Waals surface area contributed by atoms with E-state index in [1.165, 1.54) is 52.8 Å². The molecular weight excluding hydrogens is 420 g/mol. The van der Waals surface area contributed by atoms with Crippen LogP contribution in [0.15, 0.2) is 88.7 Å². The van der Waals surface area contributed by atoms with Crippen LogP contribution in [0.3, 0.4) is 0 Å². The summed E-state index contributed by atoms with van der Waals surface area (Å²) >= 11 is 3.46. The molecule has 3 rings (SSSR count). The van der Waals surface area contributed by atoms with E-state index in [2.05, 4.69) is 55.5 Å². The number of thioether (sulfide) groups is 2. The molecule has 0 saturated heterocycles. The molecule has 0 N–H and O–H groups in total. The molecule has 0 bridgehead atoms. The normalized spacial score (nSPS) is 11.8. The maximum atomic E-state index is 12.3. The van der Waals surface area contributed by atoms with Gasteiger partial charge in [-0.05, 0) is 60.1 Å². The fourth-order valence-electron chi connectivity index (χ4n) is 3.11. The van der Waals surface area contributed by atoms with Crippen LogP contribution >= 0.6 is 23.5 Å². The van der Waals surface area contributed by atoms with Gasteiger partial charge in [-0.15, -0.1) is 23.5 Å². The van der Waals surface area contributed by atoms with Gasteiger partial charge >= 0.3 is 5.97 Å². The summed E-state index contributed by atoms with van der Waals surface area (Å²) in [5.41, 5.74) is 3.40. The summed E-state index contributed by atoms with van der Waals surface area (Å²) in [5.74, 6) is 0.996. The van der Waals surface area contributed by atoms with Crippen LogP contribution in [0.25, 0.3) is 11.1 Å². The minimum Gasteiger partial charge on any atom is -0.460 e. The molecule has 0 radical (unpaired) electrons. The number of benzene rings is 3. The predicted molar refractivity (Wildman–Crippen MR) is 134 cm³/mol. The van der Waals surface area contributed by atoms with Crippen LogP contribution in [0.2, 0.25) is 0 Å². The average molecular weight is 451 g/mol. The number of hydrogen-bond acceptors (Lipinski definition) is 4. The molecule has 162 valence electrons. The first kappa shape index (κ1) is 23.5. The maximum absolute atomic E-state index is 12.3. The van der Waals surface area contributed by atoms with Gasteiger partial charge in [0.25, 0.3) is 0 Å². The largest absolute Gasteiger partial charge is 0.460 e. The highest BCUT2D eigenvalue weighted by atomic mass is 32.2. The lowest BCUT2D eigenvalue weighted by atomic mass is 10.1. The predicted octanol–water partition coefficient (Wildman–Crippen LogP) is 7.86. The molecular formula is C27H30O2S2. The van der Waals surface area contributed by atoms with Crippen LogP contribution in [0, 0.1) is 0 Å². The van der Waals surface area contributed by atoms with Gasteiger partial charge in [0.15, 0.2) is 0 Å². The highest BCUT2D eigenvalue weighted by molar-refractivity contribution is 8.00. The molecule has 31 heavy (non-hydrogen) atoms. The Hall–Kier alpha value is -2.17. The van der Waals surface area contributed by atoms with Gasteiger partial charge in [0.05, 0.1) is 0 Å². The number of carbonyl (C=O) groups is 1. The molecule has 3 aromatic rings. The maximum Gasteiger partial charge on any atom is 0.319 e. The summed E-state index contributed by atoms with van der Waals surface area (Å²) < 4.78 is 5.45. The Kier molecular flexibility index (Phi) is 9.57. The Balaban J connectivity index is 1.49. The zero-order chi connectivity index (χ0) is 21.9. The van der Waals surface area contributed by atoms with Crippen molar-refractivity contribution in [3.63, 3.8) is 0 Å². The third kappa shape index (κ3) is 7.79. The van der Waals surface area contributed by atoms with Crippen molar-refractivity contribution in [2.24, 2.45) is 0 Å². The molecule has 0 spiro atoms.